The van der Waals surface area contributed by atoms with Gasteiger partial charge in [-0.25, -0.2) is 13.4 Å². The first kappa shape index (κ1) is 28.4. The van der Waals surface area contributed by atoms with E-state index < -0.39 is 50.4 Å². The van der Waals surface area contributed by atoms with Crippen LogP contribution < -0.4 is 4.72 Å². The van der Waals surface area contributed by atoms with Crippen LogP contribution >= 0.6 is 0 Å². The number of sulfonamides is 1. The summed E-state index contributed by atoms with van der Waals surface area (Å²) in [5, 5.41) is -0.944. The van der Waals surface area contributed by atoms with Crippen LogP contribution in [0.4, 0.5) is 26.3 Å². The van der Waals surface area contributed by atoms with E-state index in [2.05, 4.69) is 4.98 Å². The van der Waals surface area contributed by atoms with Crippen LogP contribution in [-0.2, 0) is 27.5 Å². The first-order valence-electron chi connectivity index (χ1n) is 11.8. The third kappa shape index (κ3) is 5.69. The number of rotatable bonds is 8. The van der Waals surface area contributed by atoms with E-state index in [-0.39, 0.29) is 41.7 Å². The molecule has 2 aromatic heterocycles. The lowest BCUT2D eigenvalue weighted by Crippen LogP contribution is -2.44. The fourth-order valence-corrected chi connectivity index (χ4v) is 6.10. The van der Waals surface area contributed by atoms with E-state index in [9.17, 15) is 34.8 Å². The minimum absolute atomic E-state index is 0.00266. The maximum absolute atomic E-state index is 14.3. The van der Waals surface area contributed by atoms with Crippen molar-refractivity contribution in [2.75, 3.05) is 7.11 Å². The highest BCUT2D eigenvalue weighted by atomic mass is 32.2. The molecule has 1 saturated carbocycles. The van der Waals surface area contributed by atoms with Gasteiger partial charge in [-0.2, -0.15) is 31.1 Å². The van der Waals surface area contributed by atoms with Gasteiger partial charge in [-0.15, -0.1) is 0 Å². The van der Waals surface area contributed by atoms with Crippen LogP contribution in [0.15, 0.2) is 42.6 Å². The molecule has 1 atom stereocenters. The molecule has 1 aliphatic rings. The summed E-state index contributed by atoms with van der Waals surface area (Å²) in [6, 6.07) is 4.64. The summed E-state index contributed by atoms with van der Waals surface area (Å²) in [5.74, 6) is 0. The summed E-state index contributed by atoms with van der Waals surface area (Å²) in [6.45, 7) is 3.36. The van der Waals surface area contributed by atoms with Gasteiger partial charge >= 0.3 is 12.4 Å². The van der Waals surface area contributed by atoms with Crippen molar-refractivity contribution in [3.05, 3.63) is 53.7 Å². The van der Waals surface area contributed by atoms with Crippen LogP contribution in [-0.4, -0.2) is 42.1 Å². The molecule has 38 heavy (non-hydrogen) atoms. The zero-order valence-electron chi connectivity index (χ0n) is 20.8. The lowest BCUT2D eigenvalue weighted by molar-refractivity contribution is -0.152. The predicted octanol–water partition coefficient (Wildman–Crippen LogP) is 6.22. The highest BCUT2D eigenvalue weighted by Gasteiger charge is 2.47. The Bertz CT molecular complexity index is 1430. The van der Waals surface area contributed by atoms with Gasteiger partial charge in [0.2, 0.25) is 10.0 Å². The molecular formula is C25H27F6N3O3S. The zero-order chi connectivity index (χ0) is 28.1. The third-order valence-electron chi connectivity index (χ3n) is 6.78. The van der Waals surface area contributed by atoms with E-state index in [1.54, 1.807) is 13.8 Å². The molecule has 2 heterocycles. The van der Waals surface area contributed by atoms with Crippen molar-refractivity contribution in [3.8, 4) is 11.3 Å². The molecule has 1 fully saturated rings. The van der Waals surface area contributed by atoms with Gasteiger partial charge in [0.25, 0.3) is 0 Å². The van der Waals surface area contributed by atoms with Gasteiger partial charge in [0.05, 0.1) is 28.7 Å². The van der Waals surface area contributed by atoms with Gasteiger partial charge in [-0.05, 0) is 44.9 Å². The molecule has 0 aliphatic heterocycles. The van der Waals surface area contributed by atoms with Gasteiger partial charge in [0.1, 0.15) is 11.7 Å². The standard InChI is InChI=1S/C25H27F6N3O3S/c1-23(2,37-3)14-34-13-18(21(25(29,30)31)33-38(35,36)15-7-6-8-15)16-11-12-20(32-22(16)34)17-9-4-5-10-19(17)24(26,27)28/h4-5,9-13,15,21,33H,6-8,14H2,1-3H3/t21-/m0/s1. The second kappa shape index (κ2) is 9.83. The average Bonchev–Trinajstić information content (AvgIpc) is 3.11. The molecule has 1 aliphatic carbocycles. The SMILES string of the molecule is COC(C)(C)Cn1cc([C@H](NS(=O)(=O)C2CCC2)C(F)(F)F)c2ccc(-c3ccccc3C(F)(F)F)nc21. The van der Waals surface area contributed by atoms with Gasteiger partial charge in [-0.3, -0.25) is 0 Å². The largest absolute Gasteiger partial charge is 0.417 e. The first-order valence-corrected chi connectivity index (χ1v) is 13.4. The molecule has 4 rings (SSSR count). The molecule has 1 N–H and O–H groups in total. The second-order valence-electron chi connectivity index (χ2n) is 9.98. The Kier molecular flexibility index (Phi) is 7.34. The number of benzene rings is 1. The molecule has 208 valence electrons. The van der Waals surface area contributed by atoms with Crippen LogP contribution in [0.3, 0.4) is 0 Å². The average molecular weight is 564 g/mol. The van der Waals surface area contributed by atoms with E-state index >= 15 is 0 Å². The van der Waals surface area contributed by atoms with Crippen LogP contribution in [0.25, 0.3) is 22.3 Å². The van der Waals surface area contributed by atoms with Gasteiger partial charge in [0.15, 0.2) is 0 Å². The molecule has 0 saturated heterocycles. The van der Waals surface area contributed by atoms with Crippen molar-refractivity contribution in [3.63, 3.8) is 0 Å². The van der Waals surface area contributed by atoms with Gasteiger partial charge < -0.3 is 9.30 Å². The summed E-state index contributed by atoms with van der Waals surface area (Å²) < 4.78 is 118. The summed E-state index contributed by atoms with van der Waals surface area (Å²) in [4.78, 5) is 4.34. The summed E-state index contributed by atoms with van der Waals surface area (Å²) in [7, 11) is -2.86. The molecule has 0 radical (unpaired) electrons. The van der Waals surface area contributed by atoms with E-state index in [0.29, 0.717) is 6.42 Å². The number of aromatic nitrogens is 2. The first-order chi connectivity index (χ1) is 17.5. The van der Waals surface area contributed by atoms with Crippen molar-refractivity contribution in [2.24, 2.45) is 0 Å². The summed E-state index contributed by atoms with van der Waals surface area (Å²) >= 11 is 0. The van der Waals surface area contributed by atoms with Crippen LogP contribution in [0.5, 0.6) is 0 Å². The van der Waals surface area contributed by atoms with E-state index in [1.807, 2.05) is 4.72 Å². The monoisotopic (exact) mass is 563 g/mol. The predicted molar refractivity (Wildman–Crippen MR) is 130 cm³/mol. The number of fused-ring (bicyclic) bond motifs is 1. The number of hydrogen-bond donors (Lipinski definition) is 1. The summed E-state index contributed by atoms with van der Waals surface area (Å²) in [5.41, 5.74) is -2.58. The van der Waals surface area contributed by atoms with Crippen molar-refractivity contribution < 1.29 is 39.5 Å². The number of ether oxygens (including phenoxy) is 1. The topological polar surface area (TPSA) is 73.2 Å². The number of nitrogens with zero attached hydrogens (tertiary/aromatic N) is 2. The molecular weight excluding hydrogens is 536 g/mol. The molecule has 1 aromatic carbocycles. The lowest BCUT2D eigenvalue weighted by Gasteiger charge is -2.29. The molecule has 0 bridgehead atoms. The van der Waals surface area contributed by atoms with Crippen LogP contribution in [0, 0.1) is 0 Å². The Morgan fingerprint density at radius 1 is 1.08 bits per heavy atom. The van der Waals surface area contributed by atoms with Crippen molar-refractivity contribution in [2.45, 2.75) is 68.9 Å². The van der Waals surface area contributed by atoms with E-state index in [0.717, 1.165) is 12.3 Å². The van der Waals surface area contributed by atoms with E-state index in [1.165, 1.54) is 42.0 Å². The molecule has 13 heteroatoms. The lowest BCUT2D eigenvalue weighted by atomic mass is 10.0. The molecule has 0 unspecified atom stereocenters. The maximum Gasteiger partial charge on any atom is 0.417 e. The summed E-state index contributed by atoms with van der Waals surface area (Å²) in [6.07, 6.45) is -7.38. The highest BCUT2D eigenvalue weighted by Crippen LogP contribution is 2.41. The maximum atomic E-state index is 14.3. The minimum Gasteiger partial charge on any atom is -0.377 e. The van der Waals surface area contributed by atoms with E-state index in [4.69, 9.17) is 4.74 Å². The Labute approximate surface area is 216 Å². The number of nitrogens with one attached hydrogen (secondary N) is 1. The normalized spacial score (nSPS) is 16.6. The van der Waals surface area contributed by atoms with Crippen molar-refractivity contribution in [1.29, 1.82) is 0 Å². The van der Waals surface area contributed by atoms with Crippen molar-refractivity contribution >= 4 is 21.1 Å². The Morgan fingerprint density at radius 2 is 1.74 bits per heavy atom. The molecule has 3 aromatic rings. The second-order valence-corrected chi connectivity index (χ2v) is 12.0. The van der Waals surface area contributed by atoms with Gasteiger partial charge in [-0.1, -0.05) is 24.6 Å². The van der Waals surface area contributed by atoms with Crippen molar-refractivity contribution in [1.82, 2.24) is 14.3 Å². The van der Waals surface area contributed by atoms with Gasteiger partial charge in [0, 0.05) is 29.8 Å². The quantitative estimate of drug-likeness (QED) is 0.330. The molecule has 0 spiro atoms. The number of pyridine rings is 1. The molecule has 0 amide bonds. The fraction of sp³-hybridized carbons (Fsp3) is 0.480. The van der Waals surface area contributed by atoms with Crippen LogP contribution in [0.2, 0.25) is 0 Å². The fourth-order valence-electron chi connectivity index (χ4n) is 4.37. The Morgan fingerprint density at radius 3 is 2.29 bits per heavy atom. The Hall–Kier alpha value is -2.64. The minimum atomic E-state index is -4.99. The van der Waals surface area contributed by atoms with Crippen LogP contribution in [0.1, 0.15) is 50.3 Å². The number of methoxy groups -OCH3 is 1. The number of hydrogen-bond acceptors (Lipinski definition) is 4. The molecule has 6 nitrogen and oxygen atoms in total. The zero-order valence-corrected chi connectivity index (χ0v) is 21.6. The highest BCUT2D eigenvalue weighted by molar-refractivity contribution is 7.90. The Balaban J connectivity index is 1.91. The smallest absolute Gasteiger partial charge is 0.377 e. The third-order valence-corrected chi connectivity index (χ3v) is 8.69. The number of alkyl halides is 6. The number of halogens is 6.